The van der Waals surface area contributed by atoms with Gasteiger partial charge in [0.25, 0.3) is 0 Å². The van der Waals surface area contributed by atoms with Crippen molar-refractivity contribution in [1.29, 1.82) is 0 Å². The SMILES string of the molecule is O=[S@@](CCc1ccccc1)Cc1ccc(OC(F)F)cc1. The van der Waals surface area contributed by atoms with Gasteiger partial charge in [-0.15, -0.1) is 0 Å². The molecule has 1 atom stereocenters. The first-order valence-electron chi connectivity index (χ1n) is 6.56. The summed E-state index contributed by atoms with van der Waals surface area (Å²) in [5, 5.41) is 0. The maximum absolute atomic E-state index is 12.0. The standard InChI is InChI=1S/C16H16F2O2S/c17-16(18)20-15-8-6-14(7-9-15)12-21(19)11-10-13-4-2-1-3-5-13/h1-9,16H,10-12H2/t21-/m0/s1. The van der Waals surface area contributed by atoms with Crippen LogP contribution in [0.15, 0.2) is 54.6 Å². The number of halogens is 2. The van der Waals surface area contributed by atoms with Gasteiger partial charge in [0, 0.05) is 22.3 Å². The third kappa shape index (κ3) is 5.63. The van der Waals surface area contributed by atoms with Crippen molar-refractivity contribution >= 4 is 10.8 Å². The molecule has 0 bridgehead atoms. The number of hydrogen-bond acceptors (Lipinski definition) is 2. The topological polar surface area (TPSA) is 26.3 Å². The van der Waals surface area contributed by atoms with Crippen LogP contribution in [0.5, 0.6) is 5.75 Å². The van der Waals surface area contributed by atoms with Gasteiger partial charge in [0.05, 0.1) is 0 Å². The molecule has 0 N–H and O–H groups in total. The maximum Gasteiger partial charge on any atom is 0.387 e. The smallest absolute Gasteiger partial charge is 0.387 e. The zero-order valence-electron chi connectivity index (χ0n) is 11.4. The summed E-state index contributed by atoms with van der Waals surface area (Å²) in [5.41, 5.74) is 2.01. The summed E-state index contributed by atoms with van der Waals surface area (Å²) in [6.45, 7) is -2.82. The van der Waals surface area contributed by atoms with Crippen LogP contribution in [0.1, 0.15) is 11.1 Å². The lowest BCUT2D eigenvalue weighted by Crippen LogP contribution is -2.04. The van der Waals surface area contributed by atoms with E-state index in [1.807, 2.05) is 30.3 Å². The molecule has 21 heavy (non-hydrogen) atoms. The highest BCUT2D eigenvalue weighted by Gasteiger charge is 2.06. The Labute approximate surface area is 125 Å². The Balaban J connectivity index is 1.82. The van der Waals surface area contributed by atoms with Crippen LogP contribution in [-0.4, -0.2) is 16.6 Å². The average molecular weight is 310 g/mol. The minimum atomic E-state index is -2.82. The lowest BCUT2D eigenvalue weighted by molar-refractivity contribution is -0.0498. The largest absolute Gasteiger partial charge is 0.435 e. The molecule has 0 fully saturated rings. The van der Waals surface area contributed by atoms with Gasteiger partial charge < -0.3 is 4.74 Å². The van der Waals surface area contributed by atoms with Crippen molar-refractivity contribution < 1.29 is 17.7 Å². The molecule has 0 aliphatic heterocycles. The Morgan fingerprint density at radius 2 is 1.62 bits per heavy atom. The molecular weight excluding hydrogens is 294 g/mol. The minimum Gasteiger partial charge on any atom is -0.435 e. The minimum absolute atomic E-state index is 0.115. The molecular formula is C16H16F2O2S. The van der Waals surface area contributed by atoms with Crippen molar-refractivity contribution in [3.63, 3.8) is 0 Å². The van der Waals surface area contributed by atoms with E-state index in [1.165, 1.54) is 12.1 Å². The summed E-state index contributed by atoms with van der Waals surface area (Å²) in [7, 11) is -0.978. The van der Waals surface area contributed by atoms with Gasteiger partial charge in [-0.3, -0.25) is 4.21 Å². The highest BCUT2D eigenvalue weighted by Crippen LogP contribution is 2.16. The van der Waals surface area contributed by atoms with Gasteiger partial charge in [-0.2, -0.15) is 8.78 Å². The van der Waals surface area contributed by atoms with Gasteiger partial charge in [-0.25, -0.2) is 0 Å². The van der Waals surface area contributed by atoms with Crippen LogP contribution >= 0.6 is 0 Å². The summed E-state index contributed by atoms with van der Waals surface area (Å²) in [5.74, 6) is 1.12. The summed E-state index contributed by atoms with van der Waals surface area (Å²) in [4.78, 5) is 0. The van der Waals surface area contributed by atoms with Crippen LogP contribution in [0, 0.1) is 0 Å². The Morgan fingerprint density at radius 3 is 2.24 bits per heavy atom. The Bertz CT molecular complexity index is 571. The van der Waals surface area contributed by atoms with Crippen LogP contribution in [0.3, 0.4) is 0 Å². The fourth-order valence-electron chi connectivity index (χ4n) is 1.90. The van der Waals surface area contributed by atoms with Crippen molar-refractivity contribution in [2.24, 2.45) is 0 Å². The molecule has 2 aromatic rings. The summed E-state index contributed by atoms with van der Waals surface area (Å²) >= 11 is 0. The Morgan fingerprint density at radius 1 is 0.952 bits per heavy atom. The summed E-state index contributed by atoms with van der Waals surface area (Å²) in [6, 6.07) is 16.1. The van der Waals surface area contributed by atoms with E-state index in [4.69, 9.17) is 0 Å². The summed E-state index contributed by atoms with van der Waals surface area (Å²) in [6.07, 6.45) is 0.764. The third-order valence-corrected chi connectivity index (χ3v) is 4.25. The van der Waals surface area contributed by atoms with E-state index in [-0.39, 0.29) is 5.75 Å². The second kappa shape index (κ2) is 7.88. The zero-order chi connectivity index (χ0) is 15.1. The van der Waals surface area contributed by atoms with Crippen LogP contribution in [0.4, 0.5) is 8.78 Å². The molecule has 2 nitrogen and oxygen atoms in total. The molecule has 0 radical (unpaired) electrons. The van der Waals surface area contributed by atoms with Gasteiger partial charge in [0.1, 0.15) is 5.75 Å². The van der Waals surface area contributed by atoms with E-state index in [9.17, 15) is 13.0 Å². The van der Waals surface area contributed by atoms with Crippen molar-refractivity contribution in [2.75, 3.05) is 5.75 Å². The molecule has 5 heteroatoms. The monoisotopic (exact) mass is 310 g/mol. The quantitative estimate of drug-likeness (QED) is 0.778. The lowest BCUT2D eigenvalue weighted by atomic mass is 10.2. The first-order chi connectivity index (χ1) is 10.1. The molecule has 0 aliphatic rings. The van der Waals surface area contributed by atoms with Crippen LogP contribution in [0.25, 0.3) is 0 Å². The molecule has 0 saturated heterocycles. The molecule has 0 heterocycles. The molecule has 0 aromatic heterocycles. The van der Waals surface area contributed by atoms with Crippen molar-refractivity contribution in [3.8, 4) is 5.75 Å². The molecule has 0 unspecified atom stereocenters. The molecule has 2 rings (SSSR count). The third-order valence-electron chi connectivity index (χ3n) is 2.94. The number of hydrogen-bond donors (Lipinski definition) is 0. The highest BCUT2D eigenvalue weighted by atomic mass is 32.2. The van der Waals surface area contributed by atoms with Crippen LogP contribution in [-0.2, 0) is 23.0 Å². The van der Waals surface area contributed by atoms with Crippen molar-refractivity contribution in [3.05, 3.63) is 65.7 Å². The molecule has 0 spiro atoms. The van der Waals surface area contributed by atoms with Crippen molar-refractivity contribution in [1.82, 2.24) is 0 Å². The summed E-state index contributed by atoms with van der Waals surface area (Å²) < 4.78 is 40.3. The van der Waals surface area contributed by atoms with E-state index in [0.717, 1.165) is 17.5 Å². The normalized spacial score (nSPS) is 12.3. The molecule has 112 valence electrons. The molecule has 0 amide bonds. The number of alkyl halides is 2. The van der Waals surface area contributed by atoms with E-state index in [1.54, 1.807) is 12.1 Å². The predicted octanol–water partition coefficient (Wildman–Crippen LogP) is 3.78. The molecule has 2 aromatic carbocycles. The van der Waals surface area contributed by atoms with Gasteiger partial charge in [0.15, 0.2) is 0 Å². The number of ether oxygens (including phenoxy) is 1. The molecule has 0 saturated carbocycles. The predicted molar refractivity (Wildman–Crippen MR) is 79.9 cm³/mol. The molecule has 0 aliphatic carbocycles. The number of aryl methyl sites for hydroxylation is 1. The Kier molecular flexibility index (Phi) is 5.87. The average Bonchev–Trinajstić information content (AvgIpc) is 2.48. The van der Waals surface area contributed by atoms with E-state index in [0.29, 0.717) is 11.5 Å². The van der Waals surface area contributed by atoms with Gasteiger partial charge in [-0.1, -0.05) is 42.5 Å². The fraction of sp³-hybridized carbons (Fsp3) is 0.250. The lowest BCUT2D eigenvalue weighted by Gasteiger charge is -2.06. The fourth-order valence-corrected chi connectivity index (χ4v) is 3.07. The Hall–Kier alpha value is -1.75. The van der Waals surface area contributed by atoms with Gasteiger partial charge in [0.2, 0.25) is 0 Å². The van der Waals surface area contributed by atoms with Crippen LogP contribution < -0.4 is 4.74 Å². The maximum atomic E-state index is 12.0. The van der Waals surface area contributed by atoms with E-state index < -0.39 is 17.4 Å². The second-order valence-corrected chi connectivity index (χ2v) is 6.12. The highest BCUT2D eigenvalue weighted by molar-refractivity contribution is 7.84. The van der Waals surface area contributed by atoms with E-state index in [2.05, 4.69) is 4.74 Å². The van der Waals surface area contributed by atoms with E-state index >= 15 is 0 Å². The van der Waals surface area contributed by atoms with Crippen LogP contribution in [0.2, 0.25) is 0 Å². The number of benzene rings is 2. The van der Waals surface area contributed by atoms with Gasteiger partial charge in [-0.05, 0) is 29.7 Å². The number of rotatable bonds is 7. The van der Waals surface area contributed by atoms with Gasteiger partial charge >= 0.3 is 6.61 Å². The second-order valence-electron chi connectivity index (χ2n) is 4.55. The van der Waals surface area contributed by atoms with Crippen molar-refractivity contribution in [2.45, 2.75) is 18.8 Å². The zero-order valence-corrected chi connectivity index (χ0v) is 12.2. The first kappa shape index (κ1) is 15.6. The first-order valence-corrected chi connectivity index (χ1v) is 8.05.